The molecule has 0 spiro atoms. The minimum Gasteiger partial charge on any atom is -0.296 e. The Hall–Kier alpha value is -0.350. The van der Waals surface area contributed by atoms with Gasteiger partial charge in [-0.3, -0.25) is 10.00 Å². The van der Waals surface area contributed by atoms with Crippen LogP contribution in [0.2, 0.25) is 0 Å². The summed E-state index contributed by atoms with van der Waals surface area (Å²) in [6.07, 6.45) is 8.03. The van der Waals surface area contributed by atoms with Crippen LogP contribution < -0.4 is 0 Å². The number of rotatable bonds is 2. The lowest BCUT2D eigenvalue weighted by Gasteiger charge is -2.31. The number of likely N-dealkylation sites (tertiary alicyclic amines) is 1. The van der Waals surface area contributed by atoms with E-state index in [0.29, 0.717) is 6.04 Å². The predicted molar refractivity (Wildman–Crippen MR) is 62.7 cm³/mol. The fraction of sp³-hybridized carbons (Fsp3) is 0.700. The van der Waals surface area contributed by atoms with Crippen molar-refractivity contribution in [3.05, 3.63) is 18.0 Å². The second-order valence-corrected chi connectivity index (χ2v) is 3.80. The molecule has 0 radical (unpaired) electrons. The summed E-state index contributed by atoms with van der Waals surface area (Å²) in [6.45, 7) is 4.74. The smallest absolute Gasteiger partial charge is 0.0535 e. The zero-order valence-corrected chi connectivity index (χ0v) is 10.3. The van der Waals surface area contributed by atoms with E-state index >= 15 is 0 Å². The molecule has 3 nitrogen and oxygen atoms in total. The van der Waals surface area contributed by atoms with Crippen LogP contribution in [0.25, 0.3) is 0 Å². The molecule has 1 aromatic rings. The van der Waals surface area contributed by atoms with Gasteiger partial charge in [0.15, 0.2) is 0 Å². The van der Waals surface area contributed by atoms with Gasteiger partial charge in [0.2, 0.25) is 0 Å². The molecular formula is C10H18BrN3. The fourth-order valence-electron chi connectivity index (χ4n) is 2.01. The average Bonchev–Trinajstić information content (AvgIpc) is 2.71. The van der Waals surface area contributed by atoms with Gasteiger partial charge >= 0.3 is 0 Å². The Morgan fingerprint density at radius 3 is 2.64 bits per heavy atom. The lowest BCUT2D eigenvalue weighted by molar-refractivity contribution is 0.175. The maximum absolute atomic E-state index is 3.99. The molecule has 1 atom stereocenters. The maximum Gasteiger partial charge on any atom is 0.0535 e. The SMILES string of the molecule is Br.CC(c1cn[nH]c1)N1CCCCC1. The largest absolute Gasteiger partial charge is 0.296 e. The lowest BCUT2D eigenvalue weighted by atomic mass is 10.1. The first-order valence-corrected chi connectivity index (χ1v) is 5.10. The topological polar surface area (TPSA) is 31.9 Å². The van der Waals surface area contributed by atoms with Crippen molar-refractivity contribution in [2.45, 2.75) is 32.2 Å². The van der Waals surface area contributed by atoms with E-state index in [0.717, 1.165) is 0 Å². The molecule has 0 aromatic carbocycles. The molecule has 2 rings (SSSR count). The van der Waals surface area contributed by atoms with Gasteiger partial charge in [0.1, 0.15) is 0 Å². The summed E-state index contributed by atoms with van der Waals surface area (Å²) in [5, 5.41) is 6.86. The van der Waals surface area contributed by atoms with Crippen molar-refractivity contribution in [1.82, 2.24) is 15.1 Å². The predicted octanol–water partition coefficient (Wildman–Crippen LogP) is 2.53. The third kappa shape index (κ3) is 2.58. The van der Waals surface area contributed by atoms with Crippen LogP contribution in [0, 0.1) is 0 Å². The number of nitrogens with zero attached hydrogens (tertiary/aromatic N) is 2. The summed E-state index contributed by atoms with van der Waals surface area (Å²) in [7, 11) is 0. The van der Waals surface area contributed by atoms with E-state index < -0.39 is 0 Å². The Kier molecular flexibility index (Phi) is 4.62. The lowest BCUT2D eigenvalue weighted by Crippen LogP contribution is -2.32. The van der Waals surface area contributed by atoms with Crippen LogP contribution >= 0.6 is 17.0 Å². The molecule has 0 amide bonds. The van der Waals surface area contributed by atoms with Gasteiger partial charge in [-0.05, 0) is 32.9 Å². The number of hydrogen-bond acceptors (Lipinski definition) is 2. The summed E-state index contributed by atoms with van der Waals surface area (Å²) in [4.78, 5) is 2.54. The second kappa shape index (κ2) is 5.51. The minimum absolute atomic E-state index is 0. The van der Waals surface area contributed by atoms with Crippen molar-refractivity contribution in [3.8, 4) is 0 Å². The van der Waals surface area contributed by atoms with Crippen molar-refractivity contribution in [2.24, 2.45) is 0 Å². The van der Waals surface area contributed by atoms with E-state index in [1.54, 1.807) is 0 Å². The van der Waals surface area contributed by atoms with Gasteiger partial charge in [0, 0.05) is 17.8 Å². The van der Waals surface area contributed by atoms with Gasteiger partial charge in [-0.25, -0.2) is 0 Å². The molecule has 1 aliphatic rings. The Balaban J connectivity index is 0.000000980. The van der Waals surface area contributed by atoms with Gasteiger partial charge in [-0.2, -0.15) is 5.10 Å². The Bertz CT molecular complexity index is 242. The number of nitrogens with one attached hydrogen (secondary N) is 1. The molecule has 0 aliphatic carbocycles. The summed E-state index contributed by atoms with van der Waals surface area (Å²) >= 11 is 0. The molecule has 1 unspecified atom stereocenters. The van der Waals surface area contributed by atoms with Gasteiger partial charge < -0.3 is 0 Å². The van der Waals surface area contributed by atoms with Gasteiger partial charge in [0.05, 0.1) is 6.20 Å². The van der Waals surface area contributed by atoms with Crippen LogP contribution in [0.4, 0.5) is 0 Å². The summed E-state index contributed by atoms with van der Waals surface area (Å²) in [5.41, 5.74) is 1.31. The van der Waals surface area contributed by atoms with Crippen molar-refractivity contribution >= 4 is 17.0 Å². The summed E-state index contributed by atoms with van der Waals surface area (Å²) < 4.78 is 0. The second-order valence-electron chi connectivity index (χ2n) is 3.80. The molecule has 80 valence electrons. The van der Waals surface area contributed by atoms with Crippen molar-refractivity contribution < 1.29 is 0 Å². The first-order valence-electron chi connectivity index (χ1n) is 5.10. The zero-order valence-electron chi connectivity index (χ0n) is 8.57. The first-order chi connectivity index (χ1) is 6.38. The van der Waals surface area contributed by atoms with Crippen LogP contribution in [0.1, 0.15) is 37.8 Å². The van der Waals surface area contributed by atoms with Gasteiger partial charge in [0.25, 0.3) is 0 Å². The fourth-order valence-corrected chi connectivity index (χ4v) is 2.01. The quantitative estimate of drug-likeness (QED) is 0.886. The van der Waals surface area contributed by atoms with E-state index in [-0.39, 0.29) is 17.0 Å². The minimum atomic E-state index is 0. The van der Waals surface area contributed by atoms with Crippen LogP contribution in [0.3, 0.4) is 0 Å². The molecule has 4 heteroatoms. The average molecular weight is 260 g/mol. The van der Waals surface area contributed by atoms with Gasteiger partial charge in [-0.1, -0.05) is 6.42 Å². The van der Waals surface area contributed by atoms with Crippen molar-refractivity contribution in [3.63, 3.8) is 0 Å². The third-order valence-corrected chi connectivity index (χ3v) is 2.94. The monoisotopic (exact) mass is 259 g/mol. The molecule has 2 heterocycles. The number of halogens is 1. The van der Waals surface area contributed by atoms with Gasteiger partial charge in [-0.15, -0.1) is 17.0 Å². The maximum atomic E-state index is 3.99. The van der Waals surface area contributed by atoms with E-state index in [1.165, 1.54) is 37.9 Å². The number of piperidine rings is 1. The van der Waals surface area contributed by atoms with Crippen molar-refractivity contribution in [1.29, 1.82) is 0 Å². The third-order valence-electron chi connectivity index (χ3n) is 2.94. The summed E-state index contributed by atoms with van der Waals surface area (Å²) in [5.74, 6) is 0. The molecule has 1 N–H and O–H groups in total. The normalized spacial score (nSPS) is 20.1. The van der Waals surface area contributed by atoms with Crippen LogP contribution in [0.15, 0.2) is 12.4 Å². The van der Waals surface area contributed by atoms with Crippen LogP contribution in [0.5, 0.6) is 0 Å². The molecular weight excluding hydrogens is 242 g/mol. The number of aromatic nitrogens is 2. The van der Waals surface area contributed by atoms with E-state index in [1.807, 2.05) is 12.4 Å². The highest BCUT2D eigenvalue weighted by Crippen LogP contribution is 2.22. The van der Waals surface area contributed by atoms with Crippen LogP contribution in [-0.4, -0.2) is 28.2 Å². The molecule has 0 saturated carbocycles. The Labute approximate surface area is 95.6 Å². The van der Waals surface area contributed by atoms with E-state index in [4.69, 9.17) is 0 Å². The molecule has 14 heavy (non-hydrogen) atoms. The molecule has 1 aliphatic heterocycles. The first kappa shape index (κ1) is 11.7. The number of hydrogen-bond donors (Lipinski definition) is 1. The molecule has 0 bridgehead atoms. The Morgan fingerprint density at radius 2 is 2.07 bits per heavy atom. The van der Waals surface area contributed by atoms with E-state index in [9.17, 15) is 0 Å². The highest BCUT2D eigenvalue weighted by Gasteiger charge is 2.18. The summed E-state index contributed by atoms with van der Waals surface area (Å²) in [6, 6.07) is 0.527. The van der Waals surface area contributed by atoms with E-state index in [2.05, 4.69) is 22.0 Å². The highest BCUT2D eigenvalue weighted by molar-refractivity contribution is 8.93. The molecule has 1 fully saturated rings. The zero-order chi connectivity index (χ0) is 9.10. The van der Waals surface area contributed by atoms with Crippen LogP contribution in [-0.2, 0) is 0 Å². The molecule has 1 saturated heterocycles. The standard InChI is InChI=1S/C10H17N3.BrH/c1-9(10-7-11-12-8-10)13-5-3-2-4-6-13;/h7-9H,2-6H2,1H3,(H,11,12);1H. The molecule has 1 aromatic heterocycles. The number of aromatic amines is 1. The highest BCUT2D eigenvalue weighted by atomic mass is 79.9. The Morgan fingerprint density at radius 1 is 1.36 bits per heavy atom. The number of H-pyrrole nitrogens is 1. The van der Waals surface area contributed by atoms with Crippen molar-refractivity contribution in [2.75, 3.05) is 13.1 Å².